The summed E-state index contributed by atoms with van der Waals surface area (Å²) in [5, 5.41) is 0. The van der Waals surface area contributed by atoms with E-state index in [0.717, 1.165) is 0 Å². The van der Waals surface area contributed by atoms with Crippen molar-refractivity contribution < 1.29 is 4.74 Å². The van der Waals surface area contributed by atoms with Crippen molar-refractivity contribution in [2.45, 2.75) is 63.3 Å². The first kappa shape index (κ1) is 16.8. The number of benzene rings is 2. The van der Waals surface area contributed by atoms with E-state index in [1.54, 1.807) is 0 Å². The lowest BCUT2D eigenvalue weighted by Crippen LogP contribution is -2.51. The molecular formula is C23H29NO. The van der Waals surface area contributed by atoms with E-state index in [1.807, 2.05) is 0 Å². The Bertz CT molecular complexity index is 667. The molecule has 2 heteroatoms. The molecule has 2 nitrogen and oxygen atoms in total. The van der Waals surface area contributed by atoms with Crippen LogP contribution in [-0.4, -0.2) is 30.1 Å². The molecule has 2 heterocycles. The first-order valence-corrected chi connectivity index (χ1v) is 9.69. The number of hydrogen-bond donors (Lipinski definition) is 0. The Hall–Kier alpha value is -1.64. The minimum atomic E-state index is 0.0379. The highest BCUT2D eigenvalue weighted by atomic mass is 16.5. The highest BCUT2D eigenvalue weighted by molar-refractivity contribution is 5.32. The van der Waals surface area contributed by atoms with Gasteiger partial charge < -0.3 is 9.64 Å². The van der Waals surface area contributed by atoms with Crippen molar-refractivity contribution >= 4 is 0 Å². The molecule has 2 fully saturated rings. The summed E-state index contributed by atoms with van der Waals surface area (Å²) >= 11 is 0. The minimum absolute atomic E-state index is 0.0379. The fourth-order valence-corrected chi connectivity index (χ4v) is 4.59. The molecular weight excluding hydrogens is 306 g/mol. The Morgan fingerprint density at radius 2 is 1.48 bits per heavy atom. The Balaban J connectivity index is 1.57. The van der Waals surface area contributed by atoms with Gasteiger partial charge >= 0.3 is 0 Å². The van der Waals surface area contributed by atoms with Crippen LogP contribution in [0.4, 0.5) is 0 Å². The lowest BCUT2D eigenvalue weighted by molar-refractivity contribution is -0.0720. The van der Waals surface area contributed by atoms with E-state index in [2.05, 4.69) is 73.5 Å². The molecule has 0 amide bonds. The van der Waals surface area contributed by atoms with Crippen molar-refractivity contribution in [3.8, 4) is 0 Å². The maximum absolute atomic E-state index is 6.76. The number of piperidine rings is 2. The van der Waals surface area contributed by atoms with E-state index in [1.165, 1.54) is 48.8 Å². The van der Waals surface area contributed by atoms with Crippen LogP contribution in [0, 0.1) is 6.92 Å². The number of ether oxygens (including phenoxy) is 1. The molecule has 0 saturated carbocycles. The zero-order valence-corrected chi connectivity index (χ0v) is 15.4. The van der Waals surface area contributed by atoms with Crippen LogP contribution >= 0.6 is 0 Å². The van der Waals surface area contributed by atoms with E-state index in [-0.39, 0.29) is 6.10 Å². The third kappa shape index (κ3) is 3.65. The molecule has 0 radical (unpaired) electrons. The van der Waals surface area contributed by atoms with E-state index in [9.17, 15) is 0 Å². The maximum Gasteiger partial charge on any atom is 0.108 e. The van der Waals surface area contributed by atoms with Crippen LogP contribution in [0.3, 0.4) is 0 Å². The van der Waals surface area contributed by atoms with Crippen molar-refractivity contribution in [2.24, 2.45) is 0 Å². The van der Waals surface area contributed by atoms with E-state index in [4.69, 9.17) is 4.74 Å². The third-order valence-electron chi connectivity index (χ3n) is 6.11. The quantitative estimate of drug-likeness (QED) is 0.769. The summed E-state index contributed by atoms with van der Waals surface area (Å²) in [5.41, 5.74) is 3.82. The second-order valence-corrected chi connectivity index (χ2v) is 7.83. The molecule has 2 bridgehead atoms. The highest BCUT2D eigenvalue weighted by Crippen LogP contribution is 2.37. The molecule has 2 aromatic rings. The normalized spacial score (nSPS) is 27.8. The molecule has 4 rings (SSSR count). The lowest BCUT2D eigenvalue weighted by atomic mass is 9.83. The highest BCUT2D eigenvalue weighted by Gasteiger charge is 2.37. The predicted molar refractivity (Wildman–Crippen MR) is 103 cm³/mol. The predicted octanol–water partition coefficient (Wildman–Crippen LogP) is 5.12. The van der Waals surface area contributed by atoms with Gasteiger partial charge in [-0.25, -0.2) is 0 Å². The van der Waals surface area contributed by atoms with E-state index >= 15 is 0 Å². The van der Waals surface area contributed by atoms with Gasteiger partial charge in [0.25, 0.3) is 0 Å². The number of fused-ring (bicyclic) bond motifs is 2. The maximum atomic E-state index is 6.76. The van der Waals surface area contributed by atoms with Crippen LogP contribution in [0.15, 0.2) is 54.6 Å². The Morgan fingerprint density at radius 3 is 2.12 bits per heavy atom. The van der Waals surface area contributed by atoms with Crippen molar-refractivity contribution in [1.82, 2.24) is 4.90 Å². The number of hydrogen-bond acceptors (Lipinski definition) is 2. The average Bonchev–Trinajstić information content (AvgIpc) is 2.62. The van der Waals surface area contributed by atoms with Crippen LogP contribution in [0.1, 0.15) is 54.9 Å². The van der Waals surface area contributed by atoms with Crippen LogP contribution < -0.4 is 0 Å². The van der Waals surface area contributed by atoms with Gasteiger partial charge in [0.05, 0.1) is 6.10 Å². The number of rotatable bonds is 4. The van der Waals surface area contributed by atoms with Gasteiger partial charge in [0.15, 0.2) is 0 Å². The SMILES string of the molecule is Cc1ccc(C(OC2CC3CCCC(C2)N3C)c2ccccc2)cc1. The largest absolute Gasteiger partial charge is 0.365 e. The van der Waals surface area contributed by atoms with Gasteiger partial charge in [-0.2, -0.15) is 0 Å². The summed E-state index contributed by atoms with van der Waals surface area (Å²) < 4.78 is 6.76. The molecule has 2 aliphatic heterocycles. The summed E-state index contributed by atoms with van der Waals surface area (Å²) in [5.74, 6) is 0. The van der Waals surface area contributed by atoms with Gasteiger partial charge in [-0.3, -0.25) is 0 Å². The van der Waals surface area contributed by atoms with Crippen molar-refractivity contribution in [3.05, 3.63) is 71.3 Å². The van der Waals surface area contributed by atoms with Gasteiger partial charge in [-0.05, 0) is 50.8 Å². The monoisotopic (exact) mass is 335 g/mol. The fourth-order valence-electron chi connectivity index (χ4n) is 4.59. The summed E-state index contributed by atoms with van der Waals surface area (Å²) in [6.07, 6.45) is 6.77. The summed E-state index contributed by atoms with van der Waals surface area (Å²) in [6.45, 7) is 2.14. The average molecular weight is 335 g/mol. The topological polar surface area (TPSA) is 12.5 Å². The van der Waals surface area contributed by atoms with Gasteiger partial charge in [-0.15, -0.1) is 0 Å². The van der Waals surface area contributed by atoms with Gasteiger partial charge in [0.2, 0.25) is 0 Å². The second kappa shape index (κ2) is 7.31. The molecule has 3 atom stereocenters. The molecule has 2 aromatic carbocycles. The summed E-state index contributed by atoms with van der Waals surface area (Å²) in [4.78, 5) is 2.60. The smallest absolute Gasteiger partial charge is 0.108 e. The summed E-state index contributed by atoms with van der Waals surface area (Å²) in [7, 11) is 2.30. The van der Waals surface area contributed by atoms with E-state index < -0.39 is 0 Å². The summed E-state index contributed by atoms with van der Waals surface area (Å²) in [6, 6.07) is 20.9. The molecule has 2 aliphatic rings. The molecule has 25 heavy (non-hydrogen) atoms. The van der Waals surface area contributed by atoms with Crippen LogP contribution in [0.25, 0.3) is 0 Å². The lowest BCUT2D eigenvalue weighted by Gasteiger charge is -2.47. The molecule has 132 valence electrons. The molecule has 0 N–H and O–H groups in total. The second-order valence-electron chi connectivity index (χ2n) is 7.83. The Labute approximate surface area is 151 Å². The van der Waals surface area contributed by atoms with Crippen LogP contribution in [-0.2, 0) is 4.74 Å². The standard InChI is InChI=1S/C23H29NO/c1-17-11-13-19(14-12-17)23(18-7-4-3-5-8-18)25-22-15-20-9-6-10-21(16-22)24(20)2/h3-5,7-8,11-14,20-23H,6,9-10,15-16H2,1-2H3. The Kier molecular flexibility index (Phi) is 4.91. The first-order chi connectivity index (χ1) is 12.2. The Morgan fingerprint density at radius 1 is 0.880 bits per heavy atom. The number of nitrogens with zero attached hydrogens (tertiary/aromatic N) is 1. The number of aryl methyl sites for hydroxylation is 1. The first-order valence-electron chi connectivity index (χ1n) is 9.69. The van der Waals surface area contributed by atoms with Crippen molar-refractivity contribution in [3.63, 3.8) is 0 Å². The molecule has 2 saturated heterocycles. The fraction of sp³-hybridized carbons (Fsp3) is 0.478. The van der Waals surface area contributed by atoms with Crippen LogP contribution in [0.2, 0.25) is 0 Å². The zero-order valence-electron chi connectivity index (χ0n) is 15.4. The molecule has 0 spiro atoms. The molecule has 0 aromatic heterocycles. The van der Waals surface area contributed by atoms with Gasteiger partial charge in [0.1, 0.15) is 6.10 Å². The minimum Gasteiger partial charge on any atom is -0.365 e. The van der Waals surface area contributed by atoms with E-state index in [0.29, 0.717) is 18.2 Å². The molecule has 0 aliphatic carbocycles. The zero-order chi connectivity index (χ0) is 17.2. The van der Waals surface area contributed by atoms with Crippen molar-refractivity contribution in [2.75, 3.05) is 7.05 Å². The van der Waals surface area contributed by atoms with Crippen LogP contribution in [0.5, 0.6) is 0 Å². The van der Waals surface area contributed by atoms with Gasteiger partial charge in [-0.1, -0.05) is 66.6 Å². The van der Waals surface area contributed by atoms with Crippen molar-refractivity contribution in [1.29, 1.82) is 0 Å². The third-order valence-corrected chi connectivity index (χ3v) is 6.11. The van der Waals surface area contributed by atoms with Gasteiger partial charge in [0, 0.05) is 12.1 Å². The molecule has 3 unspecified atom stereocenters.